The second-order valence-electron chi connectivity index (χ2n) is 5.94. The van der Waals surface area contributed by atoms with Crippen LogP contribution in [-0.4, -0.2) is 38.5 Å². The molecule has 1 aromatic carbocycles. The molecule has 140 valence electrons. The Morgan fingerprint density at radius 2 is 1.73 bits per heavy atom. The number of fused-ring (bicyclic) bond motifs is 3. The number of para-hydroxylation sites is 2. The Bertz CT molecular complexity index is 955. The molecular formula is C19H24Cl2N4O. The average molecular weight is 395 g/mol. The fourth-order valence-corrected chi connectivity index (χ4v) is 3.29. The van der Waals surface area contributed by atoms with E-state index in [-0.39, 0.29) is 24.8 Å². The van der Waals surface area contributed by atoms with E-state index in [4.69, 9.17) is 9.40 Å². The normalized spacial score (nSPS) is 11.0. The van der Waals surface area contributed by atoms with Crippen molar-refractivity contribution in [1.29, 1.82) is 0 Å². The zero-order chi connectivity index (χ0) is 16.5. The van der Waals surface area contributed by atoms with Crippen LogP contribution in [0.4, 0.5) is 0 Å². The third-order valence-corrected chi connectivity index (χ3v) is 4.67. The fraction of sp³-hybridized carbons (Fsp3) is 0.316. The van der Waals surface area contributed by atoms with Gasteiger partial charge in [-0.2, -0.15) is 0 Å². The van der Waals surface area contributed by atoms with Gasteiger partial charge >= 0.3 is 0 Å². The van der Waals surface area contributed by atoms with Crippen LogP contribution in [0.15, 0.2) is 53.3 Å². The van der Waals surface area contributed by atoms with Gasteiger partial charge < -0.3 is 13.9 Å². The fourth-order valence-electron chi connectivity index (χ4n) is 3.29. The first-order valence-corrected chi connectivity index (χ1v) is 8.54. The number of imidazole rings is 2. The number of hydrogen-bond acceptors (Lipinski definition) is 3. The third kappa shape index (κ3) is 3.47. The SMILES string of the molecule is CCN(CC)CCn1c2ccccc2n2cc(-c3ccco3)nc12.Cl.Cl. The Morgan fingerprint density at radius 1 is 1.00 bits per heavy atom. The van der Waals surface area contributed by atoms with E-state index >= 15 is 0 Å². The molecule has 0 spiro atoms. The highest BCUT2D eigenvalue weighted by Gasteiger charge is 2.15. The first-order valence-electron chi connectivity index (χ1n) is 8.54. The van der Waals surface area contributed by atoms with Gasteiger partial charge in [-0.3, -0.25) is 4.40 Å². The Labute approximate surface area is 165 Å². The molecule has 0 aliphatic heterocycles. The Kier molecular flexibility index (Phi) is 6.75. The number of benzene rings is 1. The van der Waals surface area contributed by atoms with E-state index in [9.17, 15) is 0 Å². The van der Waals surface area contributed by atoms with Crippen molar-refractivity contribution in [3.63, 3.8) is 0 Å². The lowest BCUT2D eigenvalue weighted by Crippen LogP contribution is -2.27. The standard InChI is InChI=1S/C19H22N4O.2ClH/c1-3-21(4-2)11-12-22-16-8-5-6-9-17(16)23-14-15(20-19(22)23)18-10-7-13-24-18;;/h5-10,13-14H,3-4,11-12H2,1-2H3;2*1H. The molecule has 3 heterocycles. The molecule has 26 heavy (non-hydrogen) atoms. The minimum absolute atomic E-state index is 0. The number of halogens is 2. The summed E-state index contributed by atoms with van der Waals surface area (Å²) in [7, 11) is 0. The van der Waals surface area contributed by atoms with Gasteiger partial charge in [-0.25, -0.2) is 4.98 Å². The van der Waals surface area contributed by atoms with Crippen LogP contribution in [0.3, 0.4) is 0 Å². The van der Waals surface area contributed by atoms with Crippen LogP contribution in [0.25, 0.3) is 28.3 Å². The average Bonchev–Trinajstić information content (AvgIpc) is 3.32. The summed E-state index contributed by atoms with van der Waals surface area (Å²) in [5, 5.41) is 0. The van der Waals surface area contributed by atoms with E-state index in [1.807, 2.05) is 12.1 Å². The van der Waals surface area contributed by atoms with E-state index in [2.05, 4.69) is 58.2 Å². The molecule has 5 nitrogen and oxygen atoms in total. The summed E-state index contributed by atoms with van der Waals surface area (Å²) in [5.74, 6) is 1.77. The van der Waals surface area contributed by atoms with Crippen LogP contribution in [-0.2, 0) is 6.54 Å². The molecule has 0 bridgehead atoms. The van der Waals surface area contributed by atoms with E-state index in [1.165, 1.54) is 11.0 Å². The van der Waals surface area contributed by atoms with Crippen molar-refractivity contribution in [3.8, 4) is 11.5 Å². The summed E-state index contributed by atoms with van der Waals surface area (Å²) in [6, 6.07) is 12.3. The van der Waals surface area contributed by atoms with Gasteiger partial charge in [0.05, 0.1) is 17.3 Å². The minimum Gasteiger partial charge on any atom is -0.463 e. The maximum absolute atomic E-state index is 5.51. The summed E-state index contributed by atoms with van der Waals surface area (Å²) in [6.07, 6.45) is 3.75. The predicted molar refractivity (Wildman–Crippen MR) is 111 cm³/mol. The third-order valence-electron chi connectivity index (χ3n) is 4.67. The van der Waals surface area contributed by atoms with Gasteiger partial charge in [-0.05, 0) is 37.4 Å². The van der Waals surface area contributed by atoms with Crippen LogP contribution in [0.2, 0.25) is 0 Å². The highest BCUT2D eigenvalue weighted by molar-refractivity contribution is 5.85. The molecule has 7 heteroatoms. The molecule has 0 radical (unpaired) electrons. The largest absolute Gasteiger partial charge is 0.463 e. The topological polar surface area (TPSA) is 38.6 Å². The van der Waals surface area contributed by atoms with Gasteiger partial charge in [0.25, 0.3) is 0 Å². The number of aromatic nitrogens is 3. The van der Waals surface area contributed by atoms with Crippen molar-refractivity contribution >= 4 is 41.6 Å². The molecule has 0 aliphatic carbocycles. The van der Waals surface area contributed by atoms with Crippen molar-refractivity contribution in [3.05, 3.63) is 48.9 Å². The number of hydrogen-bond donors (Lipinski definition) is 0. The lowest BCUT2D eigenvalue weighted by atomic mass is 10.3. The van der Waals surface area contributed by atoms with Gasteiger partial charge in [-0.15, -0.1) is 24.8 Å². The molecule has 4 aromatic rings. The van der Waals surface area contributed by atoms with E-state index in [1.54, 1.807) is 6.26 Å². The molecule has 0 amide bonds. The van der Waals surface area contributed by atoms with Gasteiger partial charge in [0.15, 0.2) is 5.76 Å². The van der Waals surface area contributed by atoms with Crippen LogP contribution in [0.1, 0.15) is 13.8 Å². The van der Waals surface area contributed by atoms with Gasteiger partial charge in [0.1, 0.15) is 5.69 Å². The molecule has 0 saturated carbocycles. The van der Waals surface area contributed by atoms with E-state index in [0.717, 1.165) is 43.4 Å². The summed E-state index contributed by atoms with van der Waals surface area (Å²) in [6.45, 7) is 8.49. The Morgan fingerprint density at radius 3 is 2.38 bits per heavy atom. The zero-order valence-electron chi connectivity index (χ0n) is 15.0. The quantitative estimate of drug-likeness (QED) is 0.474. The first kappa shape index (κ1) is 20.4. The molecule has 3 aromatic heterocycles. The predicted octanol–water partition coefficient (Wildman–Crippen LogP) is 4.73. The van der Waals surface area contributed by atoms with Crippen LogP contribution >= 0.6 is 24.8 Å². The maximum Gasteiger partial charge on any atom is 0.215 e. The van der Waals surface area contributed by atoms with E-state index < -0.39 is 0 Å². The molecular weight excluding hydrogens is 371 g/mol. The minimum atomic E-state index is 0. The van der Waals surface area contributed by atoms with Crippen LogP contribution < -0.4 is 0 Å². The molecule has 0 N–H and O–H groups in total. The van der Waals surface area contributed by atoms with Crippen molar-refractivity contribution in [1.82, 2.24) is 18.9 Å². The number of nitrogens with zero attached hydrogens (tertiary/aromatic N) is 4. The first-order chi connectivity index (χ1) is 11.8. The lowest BCUT2D eigenvalue weighted by Gasteiger charge is -2.18. The van der Waals surface area contributed by atoms with Gasteiger partial charge in [0.2, 0.25) is 5.78 Å². The summed E-state index contributed by atoms with van der Waals surface area (Å²) >= 11 is 0. The Balaban J connectivity index is 0.00000121. The number of furan rings is 1. The maximum atomic E-state index is 5.51. The van der Waals surface area contributed by atoms with Gasteiger partial charge in [-0.1, -0.05) is 26.0 Å². The lowest BCUT2D eigenvalue weighted by molar-refractivity contribution is 0.293. The van der Waals surface area contributed by atoms with Crippen LogP contribution in [0.5, 0.6) is 0 Å². The molecule has 0 saturated heterocycles. The van der Waals surface area contributed by atoms with Gasteiger partial charge in [0, 0.05) is 19.3 Å². The smallest absolute Gasteiger partial charge is 0.215 e. The molecule has 0 aliphatic rings. The monoisotopic (exact) mass is 394 g/mol. The summed E-state index contributed by atoms with van der Waals surface area (Å²) in [4.78, 5) is 7.27. The highest BCUT2D eigenvalue weighted by Crippen LogP contribution is 2.25. The summed E-state index contributed by atoms with van der Waals surface area (Å²) in [5.41, 5.74) is 3.27. The van der Waals surface area contributed by atoms with Crippen molar-refractivity contribution in [2.45, 2.75) is 20.4 Å². The second kappa shape index (κ2) is 8.62. The molecule has 0 atom stereocenters. The molecule has 4 rings (SSSR count). The number of rotatable bonds is 6. The second-order valence-corrected chi connectivity index (χ2v) is 5.94. The zero-order valence-corrected chi connectivity index (χ0v) is 16.6. The van der Waals surface area contributed by atoms with Crippen molar-refractivity contribution in [2.75, 3.05) is 19.6 Å². The molecule has 0 fully saturated rings. The van der Waals surface area contributed by atoms with E-state index in [0.29, 0.717) is 0 Å². The van der Waals surface area contributed by atoms with Crippen molar-refractivity contribution in [2.24, 2.45) is 0 Å². The van der Waals surface area contributed by atoms with Crippen molar-refractivity contribution < 1.29 is 4.42 Å². The number of likely N-dealkylation sites (N-methyl/N-ethyl adjacent to an activating group) is 1. The summed E-state index contributed by atoms with van der Waals surface area (Å²) < 4.78 is 9.98. The molecule has 0 unspecified atom stereocenters. The van der Waals surface area contributed by atoms with Crippen LogP contribution in [0, 0.1) is 0 Å². The Hall–Kier alpha value is -1.95. The highest BCUT2D eigenvalue weighted by atomic mass is 35.5.